The van der Waals surface area contributed by atoms with Crippen LogP contribution in [0.15, 0.2) is 77.3 Å². The summed E-state index contributed by atoms with van der Waals surface area (Å²) in [5.74, 6) is 2.40. The van der Waals surface area contributed by atoms with E-state index in [2.05, 4.69) is 10.2 Å². The second-order valence-corrected chi connectivity index (χ2v) is 8.46. The van der Waals surface area contributed by atoms with E-state index < -0.39 is 6.10 Å². The van der Waals surface area contributed by atoms with Crippen LogP contribution in [0.25, 0.3) is 5.69 Å². The molecule has 0 radical (unpaired) electrons. The van der Waals surface area contributed by atoms with Gasteiger partial charge in [0.05, 0.1) is 10.6 Å². The van der Waals surface area contributed by atoms with Gasteiger partial charge in [-0.2, -0.15) is 0 Å². The molecule has 0 aliphatic carbocycles. The van der Waals surface area contributed by atoms with Gasteiger partial charge in [-0.1, -0.05) is 48.2 Å². The van der Waals surface area contributed by atoms with Crippen molar-refractivity contribution in [1.82, 2.24) is 14.8 Å². The predicted octanol–water partition coefficient (Wildman–Crippen LogP) is 4.82. The van der Waals surface area contributed by atoms with Crippen LogP contribution in [0.3, 0.4) is 0 Å². The van der Waals surface area contributed by atoms with E-state index in [0.717, 1.165) is 16.3 Å². The maximum absolute atomic E-state index is 12.5. The van der Waals surface area contributed by atoms with E-state index in [0.29, 0.717) is 23.3 Å². The minimum Gasteiger partial charge on any atom is -0.485 e. The number of aromatic nitrogens is 3. The van der Waals surface area contributed by atoms with Gasteiger partial charge in [0, 0.05) is 5.69 Å². The summed E-state index contributed by atoms with van der Waals surface area (Å²) in [6.07, 6.45) is -0.407. The van der Waals surface area contributed by atoms with E-state index in [-0.39, 0.29) is 11.5 Å². The fourth-order valence-corrected chi connectivity index (χ4v) is 4.79. The van der Waals surface area contributed by atoms with Crippen LogP contribution >= 0.6 is 23.1 Å². The van der Waals surface area contributed by atoms with Crippen molar-refractivity contribution in [3.63, 3.8) is 0 Å². The Morgan fingerprint density at radius 3 is 2.63 bits per heavy atom. The van der Waals surface area contributed by atoms with Crippen molar-refractivity contribution < 1.29 is 14.3 Å². The lowest BCUT2D eigenvalue weighted by molar-refractivity contribution is 0.0835. The van der Waals surface area contributed by atoms with E-state index in [1.807, 2.05) is 76.7 Å². The maximum Gasteiger partial charge on any atom is 0.196 e. The number of Topliss-reactive ketones (excluding diaryl/α,β-unsaturated/α-hetero) is 1. The van der Waals surface area contributed by atoms with Crippen molar-refractivity contribution in [3.05, 3.63) is 82.8 Å². The zero-order chi connectivity index (χ0) is 20.3. The zero-order valence-electron chi connectivity index (χ0n) is 15.8. The van der Waals surface area contributed by atoms with Crippen LogP contribution < -0.4 is 9.47 Å². The van der Waals surface area contributed by atoms with Crippen molar-refractivity contribution in [2.75, 3.05) is 12.4 Å². The Bertz CT molecular complexity index is 1160. The number of fused-ring (bicyclic) bond motifs is 1. The van der Waals surface area contributed by atoms with Gasteiger partial charge in [0.2, 0.25) is 0 Å². The molecule has 6 nitrogen and oxygen atoms in total. The molecule has 2 aromatic carbocycles. The summed E-state index contributed by atoms with van der Waals surface area (Å²) in [7, 11) is 0. The van der Waals surface area contributed by atoms with E-state index in [1.54, 1.807) is 0 Å². The molecule has 5 rings (SSSR count). The van der Waals surface area contributed by atoms with Crippen LogP contribution in [0.5, 0.6) is 11.5 Å². The molecule has 0 unspecified atom stereocenters. The average Bonchev–Trinajstić information content (AvgIpc) is 3.48. The highest BCUT2D eigenvalue weighted by Crippen LogP contribution is 2.37. The van der Waals surface area contributed by atoms with Crippen LogP contribution in [-0.2, 0) is 0 Å². The number of nitrogens with zero attached hydrogens (tertiary/aromatic N) is 3. The second kappa shape index (κ2) is 8.33. The highest BCUT2D eigenvalue weighted by molar-refractivity contribution is 7.99. The van der Waals surface area contributed by atoms with E-state index in [1.165, 1.54) is 23.1 Å². The lowest BCUT2D eigenvalue weighted by Gasteiger charge is -2.26. The minimum absolute atomic E-state index is 0.0744. The first-order valence-corrected chi connectivity index (χ1v) is 11.2. The van der Waals surface area contributed by atoms with E-state index >= 15 is 0 Å². The summed E-state index contributed by atoms with van der Waals surface area (Å²) in [5, 5.41) is 11.3. The molecule has 1 aliphatic heterocycles. The SMILES string of the molecule is O=C(CSc1nnc([C@H]2COc3ccccc3O2)n1-c1ccccc1)c1cccs1. The van der Waals surface area contributed by atoms with Crippen molar-refractivity contribution in [2.24, 2.45) is 0 Å². The molecule has 4 aromatic rings. The molecule has 0 saturated heterocycles. The quantitative estimate of drug-likeness (QED) is 0.320. The number of benzene rings is 2. The molecule has 2 aromatic heterocycles. The lowest BCUT2D eigenvalue weighted by atomic mass is 10.2. The topological polar surface area (TPSA) is 66.2 Å². The molecular formula is C22H17N3O3S2. The first kappa shape index (κ1) is 18.9. The average molecular weight is 436 g/mol. The molecule has 3 heterocycles. The molecule has 0 bridgehead atoms. The number of ether oxygens (including phenoxy) is 2. The van der Waals surface area contributed by atoms with Crippen LogP contribution in [0.1, 0.15) is 21.6 Å². The van der Waals surface area contributed by atoms with Gasteiger partial charge < -0.3 is 9.47 Å². The number of hydrogen-bond donors (Lipinski definition) is 0. The molecule has 150 valence electrons. The van der Waals surface area contributed by atoms with Gasteiger partial charge in [0.25, 0.3) is 0 Å². The van der Waals surface area contributed by atoms with Crippen LogP contribution in [0.4, 0.5) is 0 Å². The molecule has 1 aliphatic rings. The molecule has 0 amide bonds. The van der Waals surface area contributed by atoms with Crippen LogP contribution in [0, 0.1) is 0 Å². The fraction of sp³-hybridized carbons (Fsp3) is 0.136. The normalized spacial score (nSPS) is 15.1. The van der Waals surface area contributed by atoms with Crippen molar-refractivity contribution in [2.45, 2.75) is 11.3 Å². The van der Waals surface area contributed by atoms with Crippen LogP contribution in [0.2, 0.25) is 0 Å². The van der Waals surface area contributed by atoms with Crippen LogP contribution in [-0.4, -0.2) is 32.9 Å². The summed E-state index contributed by atoms with van der Waals surface area (Å²) in [4.78, 5) is 13.2. The van der Waals surface area contributed by atoms with Gasteiger partial charge in [-0.25, -0.2) is 0 Å². The van der Waals surface area contributed by atoms with E-state index in [4.69, 9.17) is 9.47 Å². The Hall–Kier alpha value is -3.10. The maximum atomic E-state index is 12.5. The van der Waals surface area contributed by atoms with Crippen molar-refractivity contribution in [3.8, 4) is 17.2 Å². The first-order valence-electron chi connectivity index (χ1n) is 9.38. The third-order valence-electron chi connectivity index (χ3n) is 4.60. The fourth-order valence-electron chi connectivity index (χ4n) is 3.19. The summed E-state index contributed by atoms with van der Waals surface area (Å²) in [5.41, 5.74) is 0.908. The number of carbonyl (C=O) groups is 1. The van der Waals surface area contributed by atoms with Gasteiger partial charge in [-0.05, 0) is 35.7 Å². The van der Waals surface area contributed by atoms with Gasteiger partial charge in [0.1, 0.15) is 6.61 Å². The molecule has 8 heteroatoms. The lowest BCUT2D eigenvalue weighted by Crippen LogP contribution is -2.24. The smallest absolute Gasteiger partial charge is 0.196 e. The number of thiophene rings is 1. The number of para-hydroxylation sites is 3. The Labute approximate surface area is 181 Å². The molecule has 0 spiro atoms. The Kier molecular flexibility index (Phi) is 5.25. The third-order valence-corrected chi connectivity index (χ3v) is 6.44. The summed E-state index contributed by atoms with van der Waals surface area (Å²) < 4.78 is 14.0. The summed E-state index contributed by atoms with van der Waals surface area (Å²) in [6.45, 7) is 0.334. The second-order valence-electron chi connectivity index (χ2n) is 6.57. The van der Waals surface area contributed by atoms with E-state index in [9.17, 15) is 4.79 Å². The highest BCUT2D eigenvalue weighted by atomic mass is 32.2. The first-order chi connectivity index (χ1) is 14.8. The molecule has 0 saturated carbocycles. The summed E-state index contributed by atoms with van der Waals surface area (Å²) >= 11 is 2.81. The number of ketones is 1. The predicted molar refractivity (Wildman–Crippen MR) is 116 cm³/mol. The monoisotopic (exact) mass is 435 g/mol. The Morgan fingerprint density at radius 2 is 1.83 bits per heavy atom. The number of thioether (sulfide) groups is 1. The van der Waals surface area contributed by atoms with Crippen molar-refractivity contribution in [1.29, 1.82) is 0 Å². The summed E-state index contributed by atoms with van der Waals surface area (Å²) in [6, 6.07) is 21.1. The largest absolute Gasteiger partial charge is 0.485 e. The minimum atomic E-state index is -0.407. The Morgan fingerprint density at radius 1 is 1.03 bits per heavy atom. The number of carbonyl (C=O) groups excluding carboxylic acids is 1. The van der Waals surface area contributed by atoms with Gasteiger partial charge >= 0.3 is 0 Å². The Balaban J connectivity index is 1.45. The highest BCUT2D eigenvalue weighted by Gasteiger charge is 2.29. The molecule has 0 fully saturated rings. The zero-order valence-corrected chi connectivity index (χ0v) is 17.4. The third kappa shape index (κ3) is 3.71. The molecule has 30 heavy (non-hydrogen) atoms. The van der Waals surface area contributed by atoms with Gasteiger partial charge in [-0.15, -0.1) is 21.5 Å². The van der Waals surface area contributed by atoms with Crippen molar-refractivity contribution >= 4 is 28.9 Å². The van der Waals surface area contributed by atoms with Gasteiger partial charge in [0.15, 0.2) is 34.4 Å². The molecule has 1 atom stereocenters. The number of hydrogen-bond acceptors (Lipinski definition) is 7. The molecule has 0 N–H and O–H groups in total. The standard InChI is InChI=1S/C22H17N3O3S2/c26-16(20-11-6-12-29-20)14-30-22-24-23-21(25(22)15-7-2-1-3-8-15)19-13-27-17-9-4-5-10-18(17)28-19/h1-12,19H,13-14H2/t19-/m1/s1. The van der Waals surface area contributed by atoms with Gasteiger partial charge in [-0.3, -0.25) is 9.36 Å². The molecular weight excluding hydrogens is 418 g/mol. The number of rotatable bonds is 6.